The SMILES string of the molecule is OC(CNC1CC(c2ccc(Cl)cc2)C1)C1CC1. The van der Waals surface area contributed by atoms with E-state index >= 15 is 0 Å². The molecular weight excluding hydrogens is 246 g/mol. The van der Waals surface area contributed by atoms with Crippen LogP contribution in [0, 0.1) is 5.92 Å². The first-order chi connectivity index (χ1) is 8.72. The highest BCUT2D eigenvalue weighted by Gasteiger charge is 2.33. The lowest BCUT2D eigenvalue weighted by Crippen LogP contribution is -2.43. The number of nitrogens with one attached hydrogen (secondary N) is 1. The van der Waals surface area contributed by atoms with E-state index in [4.69, 9.17) is 11.6 Å². The number of benzene rings is 1. The van der Waals surface area contributed by atoms with E-state index < -0.39 is 0 Å². The van der Waals surface area contributed by atoms with Crippen molar-refractivity contribution in [2.45, 2.75) is 43.7 Å². The van der Waals surface area contributed by atoms with Gasteiger partial charge in [0.15, 0.2) is 0 Å². The molecule has 1 atom stereocenters. The van der Waals surface area contributed by atoms with Crippen molar-refractivity contribution in [1.82, 2.24) is 5.32 Å². The van der Waals surface area contributed by atoms with Crippen LogP contribution in [0.15, 0.2) is 24.3 Å². The van der Waals surface area contributed by atoms with Crippen molar-refractivity contribution in [2.75, 3.05) is 6.54 Å². The first-order valence-corrected chi connectivity index (χ1v) is 7.27. The van der Waals surface area contributed by atoms with Crippen molar-refractivity contribution in [3.63, 3.8) is 0 Å². The number of hydrogen-bond acceptors (Lipinski definition) is 2. The van der Waals surface area contributed by atoms with Gasteiger partial charge in [0.2, 0.25) is 0 Å². The van der Waals surface area contributed by atoms with Crippen molar-refractivity contribution in [3.8, 4) is 0 Å². The van der Waals surface area contributed by atoms with Crippen LogP contribution in [0.5, 0.6) is 0 Å². The van der Waals surface area contributed by atoms with Gasteiger partial charge in [-0.3, -0.25) is 0 Å². The number of hydrogen-bond donors (Lipinski definition) is 2. The predicted octanol–water partition coefficient (Wildman–Crippen LogP) is 2.95. The van der Waals surface area contributed by atoms with E-state index in [9.17, 15) is 5.11 Å². The standard InChI is InChI=1S/C15H20ClNO/c16-13-5-3-10(4-6-13)12-7-14(8-12)17-9-15(18)11-1-2-11/h3-6,11-12,14-15,17-18H,1-2,7-9H2. The van der Waals surface area contributed by atoms with Crippen LogP contribution in [-0.2, 0) is 0 Å². The summed E-state index contributed by atoms with van der Waals surface area (Å²) in [5.41, 5.74) is 1.39. The molecule has 2 nitrogen and oxygen atoms in total. The number of rotatable bonds is 5. The molecule has 0 aromatic heterocycles. The van der Waals surface area contributed by atoms with Gasteiger partial charge >= 0.3 is 0 Å². The Hall–Kier alpha value is -0.570. The summed E-state index contributed by atoms with van der Waals surface area (Å²) in [6.45, 7) is 0.767. The molecule has 18 heavy (non-hydrogen) atoms. The van der Waals surface area contributed by atoms with Crippen molar-refractivity contribution < 1.29 is 5.11 Å². The second-order valence-electron chi connectivity index (χ2n) is 5.73. The normalized spacial score (nSPS) is 28.8. The van der Waals surface area contributed by atoms with Crippen LogP contribution in [0.2, 0.25) is 5.02 Å². The zero-order valence-corrected chi connectivity index (χ0v) is 11.2. The smallest absolute Gasteiger partial charge is 0.0692 e. The van der Waals surface area contributed by atoms with E-state index in [-0.39, 0.29) is 6.10 Å². The molecule has 2 fully saturated rings. The van der Waals surface area contributed by atoms with E-state index in [0.717, 1.165) is 11.6 Å². The van der Waals surface area contributed by atoms with Gasteiger partial charge in [-0.15, -0.1) is 0 Å². The molecule has 0 spiro atoms. The molecule has 0 radical (unpaired) electrons. The zero-order valence-electron chi connectivity index (χ0n) is 10.5. The third kappa shape index (κ3) is 2.87. The van der Waals surface area contributed by atoms with E-state index in [1.54, 1.807) is 0 Å². The Labute approximate surface area is 113 Å². The Kier molecular flexibility index (Phi) is 3.60. The lowest BCUT2D eigenvalue weighted by molar-refractivity contribution is 0.135. The maximum Gasteiger partial charge on any atom is 0.0692 e. The van der Waals surface area contributed by atoms with Gasteiger partial charge < -0.3 is 10.4 Å². The van der Waals surface area contributed by atoms with Crippen LogP contribution < -0.4 is 5.32 Å². The molecule has 0 bridgehead atoms. The molecular formula is C15H20ClNO. The van der Waals surface area contributed by atoms with Crippen LogP contribution in [-0.4, -0.2) is 23.8 Å². The van der Waals surface area contributed by atoms with Gasteiger partial charge in [-0.2, -0.15) is 0 Å². The summed E-state index contributed by atoms with van der Waals surface area (Å²) in [5, 5.41) is 14.1. The Bertz CT molecular complexity index is 395. The second kappa shape index (κ2) is 5.20. The highest BCUT2D eigenvalue weighted by Crippen LogP contribution is 2.37. The summed E-state index contributed by atoms with van der Waals surface area (Å²) in [7, 11) is 0. The molecule has 98 valence electrons. The topological polar surface area (TPSA) is 32.3 Å². The van der Waals surface area contributed by atoms with Crippen LogP contribution in [0.4, 0.5) is 0 Å². The zero-order chi connectivity index (χ0) is 12.5. The summed E-state index contributed by atoms with van der Waals surface area (Å²) >= 11 is 5.89. The Morgan fingerprint density at radius 3 is 2.50 bits per heavy atom. The third-order valence-corrected chi connectivity index (χ3v) is 4.51. The monoisotopic (exact) mass is 265 g/mol. The minimum Gasteiger partial charge on any atom is -0.392 e. The van der Waals surface area contributed by atoms with Crippen molar-refractivity contribution in [3.05, 3.63) is 34.9 Å². The average Bonchev–Trinajstić information content (AvgIpc) is 3.13. The molecule has 1 aromatic carbocycles. The largest absolute Gasteiger partial charge is 0.392 e. The molecule has 1 unspecified atom stereocenters. The molecule has 3 rings (SSSR count). The number of aliphatic hydroxyl groups excluding tert-OH is 1. The number of halogens is 1. The summed E-state index contributed by atoms with van der Waals surface area (Å²) in [5.74, 6) is 1.24. The molecule has 0 saturated heterocycles. The average molecular weight is 266 g/mol. The highest BCUT2D eigenvalue weighted by molar-refractivity contribution is 6.30. The fraction of sp³-hybridized carbons (Fsp3) is 0.600. The fourth-order valence-electron chi connectivity index (χ4n) is 2.73. The summed E-state index contributed by atoms with van der Waals surface area (Å²) in [4.78, 5) is 0. The molecule has 2 aliphatic carbocycles. The summed E-state index contributed by atoms with van der Waals surface area (Å²) in [6, 6.07) is 8.77. The van der Waals surface area contributed by atoms with Gasteiger partial charge in [0.25, 0.3) is 0 Å². The summed E-state index contributed by atoms with van der Waals surface area (Å²) < 4.78 is 0. The fourth-order valence-corrected chi connectivity index (χ4v) is 2.85. The quantitative estimate of drug-likeness (QED) is 0.858. The van der Waals surface area contributed by atoms with Crippen LogP contribution in [0.1, 0.15) is 37.2 Å². The van der Waals surface area contributed by atoms with Crippen molar-refractivity contribution in [2.24, 2.45) is 5.92 Å². The van der Waals surface area contributed by atoms with Crippen LogP contribution >= 0.6 is 11.6 Å². The van der Waals surface area contributed by atoms with E-state index in [1.807, 2.05) is 12.1 Å². The van der Waals surface area contributed by atoms with Crippen molar-refractivity contribution >= 4 is 11.6 Å². The van der Waals surface area contributed by atoms with E-state index in [0.29, 0.717) is 17.9 Å². The molecule has 0 aliphatic heterocycles. The van der Waals surface area contributed by atoms with Gasteiger partial charge in [0.1, 0.15) is 0 Å². The van der Waals surface area contributed by atoms with Gasteiger partial charge in [0, 0.05) is 17.6 Å². The van der Waals surface area contributed by atoms with E-state index in [1.165, 1.54) is 31.2 Å². The number of aliphatic hydroxyl groups is 1. The maximum atomic E-state index is 9.79. The second-order valence-corrected chi connectivity index (χ2v) is 6.17. The van der Waals surface area contributed by atoms with E-state index in [2.05, 4.69) is 17.4 Å². The molecule has 3 heteroatoms. The van der Waals surface area contributed by atoms with Gasteiger partial charge in [0.05, 0.1) is 6.10 Å². The first-order valence-electron chi connectivity index (χ1n) is 6.89. The van der Waals surface area contributed by atoms with Gasteiger partial charge in [-0.1, -0.05) is 23.7 Å². The molecule has 2 aliphatic rings. The Morgan fingerprint density at radius 1 is 1.22 bits per heavy atom. The minimum atomic E-state index is -0.125. The van der Waals surface area contributed by atoms with Gasteiger partial charge in [-0.25, -0.2) is 0 Å². The lowest BCUT2D eigenvalue weighted by Gasteiger charge is -2.37. The Morgan fingerprint density at radius 2 is 1.89 bits per heavy atom. The van der Waals surface area contributed by atoms with Crippen LogP contribution in [0.3, 0.4) is 0 Å². The maximum absolute atomic E-state index is 9.79. The highest BCUT2D eigenvalue weighted by atomic mass is 35.5. The molecule has 0 heterocycles. The third-order valence-electron chi connectivity index (χ3n) is 4.26. The molecule has 1 aromatic rings. The Balaban J connectivity index is 1.41. The van der Waals surface area contributed by atoms with Gasteiger partial charge in [-0.05, 0) is 55.2 Å². The minimum absolute atomic E-state index is 0.125. The van der Waals surface area contributed by atoms with Crippen molar-refractivity contribution in [1.29, 1.82) is 0 Å². The molecule has 0 amide bonds. The summed E-state index contributed by atoms with van der Waals surface area (Å²) in [6.07, 6.45) is 4.65. The molecule has 2 N–H and O–H groups in total. The molecule has 2 saturated carbocycles. The lowest BCUT2D eigenvalue weighted by atomic mass is 9.76. The predicted molar refractivity (Wildman–Crippen MR) is 73.9 cm³/mol. The van der Waals surface area contributed by atoms with Crippen LogP contribution in [0.25, 0.3) is 0 Å². The first kappa shape index (κ1) is 12.5.